The number of nitrogens with one attached hydrogen (secondary N) is 1. The van der Waals surface area contributed by atoms with Crippen LogP contribution >= 0.6 is 0 Å². The molecule has 1 fully saturated rings. The van der Waals surface area contributed by atoms with E-state index < -0.39 is 0 Å². The third kappa shape index (κ3) is 4.40. The van der Waals surface area contributed by atoms with E-state index in [0.29, 0.717) is 0 Å². The zero-order valence-corrected chi connectivity index (χ0v) is 9.34. The summed E-state index contributed by atoms with van der Waals surface area (Å²) < 4.78 is 0. The zero-order chi connectivity index (χ0) is 10.2. The van der Waals surface area contributed by atoms with Gasteiger partial charge in [0.05, 0.1) is 6.61 Å². The molecule has 0 aromatic carbocycles. The number of rotatable bonds is 6. The summed E-state index contributed by atoms with van der Waals surface area (Å²) in [4.78, 5) is 2.33. The molecule has 1 atom stereocenters. The van der Waals surface area contributed by atoms with Gasteiger partial charge in [-0.2, -0.15) is 0 Å². The van der Waals surface area contributed by atoms with Gasteiger partial charge in [-0.05, 0) is 51.4 Å². The summed E-state index contributed by atoms with van der Waals surface area (Å²) in [5.74, 6) is 0.858. The standard InChI is InChI=1S/C11H24N2O/c1-2-13(8-9-14)7-5-11-4-3-6-12-10-11/h11-12,14H,2-10H2,1H3/t11-/m1/s1. The van der Waals surface area contributed by atoms with Crippen molar-refractivity contribution >= 4 is 0 Å². The van der Waals surface area contributed by atoms with Gasteiger partial charge in [-0.3, -0.25) is 0 Å². The fourth-order valence-electron chi connectivity index (χ4n) is 2.10. The lowest BCUT2D eigenvalue weighted by molar-refractivity contribution is 0.188. The van der Waals surface area contributed by atoms with Crippen LogP contribution in [0.3, 0.4) is 0 Å². The quantitative estimate of drug-likeness (QED) is 0.662. The Hall–Kier alpha value is -0.120. The predicted octanol–water partition coefficient (Wildman–Crippen LogP) is 0.690. The van der Waals surface area contributed by atoms with Gasteiger partial charge in [0.1, 0.15) is 0 Å². The Morgan fingerprint density at radius 2 is 2.29 bits per heavy atom. The molecule has 0 aromatic rings. The van der Waals surface area contributed by atoms with Crippen LogP contribution < -0.4 is 5.32 Å². The summed E-state index contributed by atoms with van der Waals surface area (Å²) >= 11 is 0. The van der Waals surface area contributed by atoms with E-state index in [1.807, 2.05) is 0 Å². The molecule has 1 saturated heterocycles. The van der Waals surface area contributed by atoms with E-state index in [9.17, 15) is 0 Å². The lowest BCUT2D eigenvalue weighted by Gasteiger charge is -2.26. The average Bonchev–Trinajstić information content (AvgIpc) is 2.25. The molecule has 0 bridgehead atoms. The number of aliphatic hydroxyl groups is 1. The molecule has 0 radical (unpaired) electrons. The van der Waals surface area contributed by atoms with Crippen LogP contribution in [0.25, 0.3) is 0 Å². The second-order valence-corrected chi connectivity index (χ2v) is 4.16. The molecule has 3 heteroatoms. The maximum absolute atomic E-state index is 8.85. The maximum atomic E-state index is 8.85. The van der Waals surface area contributed by atoms with Crippen LogP contribution in [0.4, 0.5) is 0 Å². The van der Waals surface area contributed by atoms with Crippen molar-refractivity contribution in [1.82, 2.24) is 10.2 Å². The summed E-state index contributed by atoms with van der Waals surface area (Å²) in [7, 11) is 0. The first-order valence-electron chi connectivity index (χ1n) is 5.90. The molecule has 2 N–H and O–H groups in total. The SMILES string of the molecule is CCN(CCO)CC[C@H]1CCCNC1. The number of hydrogen-bond donors (Lipinski definition) is 2. The van der Waals surface area contributed by atoms with Crippen LogP contribution in [0.15, 0.2) is 0 Å². The predicted molar refractivity (Wildman–Crippen MR) is 59.4 cm³/mol. The Morgan fingerprint density at radius 1 is 1.43 bits per heavy atom. The van der Waals surface area contributed by atoms with Crippen molar-refractivity contribution in [2.45, 2.75) is 26.2 Å². The average molecular weight is 200 g/mol. The molecule has 84 valence electrons. The molecule has 0 unspecified atom stereocenters. The molecule has 0 saturated carbocycles. The normalized spacial score (nSPS) is 22.9. The lowest BCUT2D eigenvalue weighted by Crippen LogP contribution is -2.34. The first kappa shape index (κ1) is 12.0. The summed E-state index contributed by atoms with van der Waals surface area (Å²) in [5, 5.41) is 12.3. The van der Waals surface area contributed by atoms with Crippen LogP contribution in [0.5, 0.6) is 0 Å². The zero-order valence-electron chi connectivity index (χ0n) is 9.34. The Balaban J connectivity index is 2.10. The minimum atomic E-state index is 0.288. The summed E-state index contributed by atoms with van der Waals surface area (Å²) in [5.41, 5.74) is 0. The molecule has 14 heavy (non-hydrogen) atoms. The van der Waals surface area contributed by atoms with E-state index >= 15 is 0 Å². The van der Waals surface area contributed by atoms with Gasteiger partial charge in [-0.1, -0.05) is 6.92 Å². The molecule has 1 rings (SSSR count). The second-order valence-electron chi connectivity index (χ2n) is 4.16. The van der Waals surface area contributed by atoms with E-state index in [2.05, 4.69) is 17.1 Å². The minimum Gasteiger partial charge on any atom is -0.395 e. The first-order valence-corrected chi connectivity index (χ1v) is 5.90. The van der Waals surface area contributed by atoms with Gasteiger partial charge < -0.3 is 15.3 Å². The molecular weight excluding hydrogens is 176 g/mol. The molecule has 1 heterocycles. The number of piperidine rings is 1. The monoisotopic (exact) mass is 200 g/mol. The highest BCUT2D eigenvalue weighted by Crippen LogP contribution is 2.14. The third-order valence-corrected chi connectivity index (χ3v) is 3.12. The summed E-state index contributed by atoms with van der Waals surface area (Å²) in [6.45, 7) is 7.87. The fraction of sp³-hybridized carbons (Fsp3) is 1.00. The third-order valence-electron chi connectivity index (χ3n) is 3.12. The topological polar surface area (TPSA) is 35.5 Å². The lowest BCUT2D eigenvalue weighted by atomic mass is 9.96. The summed E-state index contributed by atoms with van der Waals surface area (Å²) in [6, 6.07) is 0. The van der Waals surface area contributed by atoms with Crippen LogP contribution in [-0.2, 0) is 0 Å². The first-order chi connectivity index (χ1) is 6.86. The van der Waals surface area contributed by atoms with E-state index in [0.717, 1.165) is 25.6 Å². The van der Waals surface area contributed by atoms with Crippen molar-refractivity contribution in [2.24, 2.45) is 5.92 Å². The van der Waals surface area contributed by atoms with Gasteiger partial charge >= 0.3 is 0 Å². The van der Waals surface area contributed by atoms with Gasteiger partial charge in [0.15, 0.2) is 0 Å². The highest BCUT2D eigenvalue weighted by atomic mass is 16.3. The van der Waals surface area contributed by atoms with Gasteiger partial charge in [0.25, 0.3) is 0 Å². The fourth-order valence-corrected chi connectivity index (χ4v) is 2.10. The number of aliphatic hydroxyl groups excluding tert-OH is 1. The second kappa shape index (κ2) is 7.21. The van der Waals surface area contributed by atoms with Gasteiger partial charge in [-0.25, -0.2) is 0 Å². The molecule has 0 aromatic heterocycles. The van der Waals surface area contributed by atoms with E-state index in [1.54, 1.807) is 0 Å². The molecule has 0 spiro atoms. The molecule has 1 aliphatic rings. The highest BCUT2D eigenvalue weighted by molar-refractivity contribution is 4.70. The van der Waals surface area contributed by atoms with Crippen LogP contribution in [0.2, 0.25) is 0 Å². The van der Waals surface area contributed by atoms with Crippen molar-refractivity contribution in [3.05, 3.63) is 0 Å². The Morgan fingerprint density at radius 3 is 2.86 bits per heavy atom. The van der Waals surface area contributed by atoms with Crippen LogP contribution in [0.1, 0.15) is 26.2 Å². The van der Waals surface area contributed by atoms with Crippen molar-refractivity contribution in [2.75, 3.05) is 39.3 Å². The minimum absolute atomic E-state index is 0.288. The van der Waals surface area contributed by atoms with Crippen molar-refractivity contribution in [3.8, 4) is 0 Å². The van der Waals surface area contributed by atoms with Crippen molar-refractivity contribution < 1.29 is 5.11 Å². The largest absolute Gasteiger partial charge is 0.395 e. The van der Waals surface area contributed by atoms with Gasteiger partial charge in [0, 0.05) is 6.54 Å². The molecular formula is C11H24N2O. The van der Waals surface area contributed by atoms with E-state index in [-0.39, 0.29) is 6.61 Å². The van der Waals surface area contributed by atoms with Gasteiger partial charge in [0.2, 0.25) is 0 Å². The van der Waals surface area contributed by atoms with Crippen molar-refractivity contribution in [3.63, 3.8) is 0 Å². The maximum Gasteiger partial charge on any atom is 0.0558 e. The van der Waals surface area contributed by atoms with Crippen LogP contribution in [-0.4, -0.2) is 49.3 Å². The molecule has 0 aliphatic carbocycles. The highest BCUT2D eigenvalue weighted by Gasteiger charge is 2.13. The number of likely N-dealkylation sites (N-methyl/N-ethyl adjacent to an activating group) is 1. The number of hydrogen-bond acceptors (Lipinski definition) is 3. The smallest absolute Gasteiger partial charge is 0.0558 e. The Labute approximate surface area is 87.5 Å². The van der Waals surface area contributed by atoms with Crippen LogP contribution in [0, 0.1) is 5.92 Å². The summed E-state index contributed by atoms with van der Waals surface area (Å²) in [6.07, 6.45) is 3.99. The van der Waals surface area contributed by atoms with E-state index in [4.69, 9.17) is 5.11 Å². The molecule has 3 nitrogen and oxygen atoms in total. The van der Waals surface area contributed by atoms with Crippen molar-refractivity contribution in [1.29, 1.82) is 0 Å². The van der Waals surface area contributed by atoms with Gasteiger partial charge in [-0.15, -0.1) is 0 Å². The molecule has 0 amide bonds. The number of nitrogens with zero attached hydrogens (tertiary/aromatic N) is 1. The Bertz CT molecular complexity index is 130. The molecule has 1 aliphatic heterocycles. The van der Waals surface area contributed by atoms with E-state index in [1.165, 1.54) is 32.4 Å². The Kier molecular flexibility index (Phi) is 6.15.